The van der Waals surface area contributed by atoms with Gasteiger partial charge in [-0.25, -0.2) is 5.06 Å². The van der Waals surface area contributed by atoms with Crippen molar-refractivity contribution in [2.45, 2.75) is 64.2 Å². The highest BCUT2D eigenvalue weighted by atomic mass is 16.7. The number of hydrogen-bond acceptors (Lipinski definition) is 7. The lowest BCUT2D eigenvalue weighted by Gasteiger charge is -2.57. The number of aliphatic hydroxyl groups is 2. The van der Waals surface area contributed by atoms with E-state index in [2.05, 4.69) is 4.98 Å². The molecule has 0 spiro atoms. The van der Waals surface area contributed by atoms with E-state index in [1.807, 2.05) is 26.0 Å². The molecule has 1 aromatic rings. The molecule has 0 amide bonds. The summed E-state index contributed by atoms with van der Waals surface area (Å²) in [5.74, 6) is -0.868. The van der Waals surface area contributed by atoms with Crippen LogP contribution in [0.15, 0.2) is 70.2 Å². The maximum absolute atomic E-state index is 13.8. The van der Waals surface area contributed by atoms with Gasteiger partial charge >= 0.3 is 0 Å². The molecule has 0 unspecified atom stereocenters. The Balaban J connectivity index is 1.60. The maximum atomic E-state index is 13.8. The number of nitrogens with zero attached hydrogens (tertiary/aromatic N) is 2. The summed E-state index contributed by atoms with van der Waals surface area (Å²) in [6.45, 7) is 3.35. The van der Waals surface area contributed by atoms with Crippen LogP contribution >= 0.6 is 0 Å². The third-order valence-corrected chi connectivity index (χ3v) is 8.65. The van der Waals surface area contributed by atoms with E-state index in [4.69, 9.17) is 4.84 Å². The number of ketones is 2. The second-order valence-electron chi connectivity index (χ2n) is 10.7. The van der Waals surface area contributed by atoms with Crippen LogP contribution in [0.3, 0.4) is 0 Å². The molecule has 0 bridgehead atoms. The van der Waals surface area contributed by atoms with Gasteiger partial charge in [-0.15, -0.1) is 0 Å². The lowest BCUT2D eigenvalue weighted by atomic mass is 9.52. The topological polar surface area (TPSA) is 100.0 Å². The van der Waals surface area contributed by atoms with Gasteiger partial charge in [-0.3, -0.25) is 19.4 Å². The van der Waals surface area contributed by atoms with Crippen molar-refractivity contribution in [1.29, 1.82) is 0 Å². The predicted octanol–water partition coefficient (Wildman–Crippen LogP) is 3.11. The number of hydrogen-bond donors (Lipinski definition) is 2. The van der Waals surface area contributed by atoms with E-state index in [9.17, 15) is 19.8 Å². The smallest absolute Gasteiger partial charge is 0.198 e. The highest BCUT2D eigenvalue weighted by Gasteiger charge is 2.67. The Hall–Kier alpha value is -2.87. The van der Waals surface area contributed by atoms with Gasteiger partial charge in [-0.05, 0) is 61.0 Å². The largest absolute Gasteiger partial charge is 0.392 e. The first-order chi connectivity index (χ1) is 16.8. The van der Waals surface area contributed by atoms with Gasteiger partial charge in [0, 0.05) is 34.9 Å². The Bertz CT molecular complexity index is 1260. The van der Waals surface area contributed by atoms with Crippen molar-refractivity contribution in [3.05, 3.63) is 75.8 Å². The number of pyridine rings is 1. The summed E-state index contributed by atoms with van der Waals surface area (Å²) in [6.07, 6.45) is 9.95. The average molecular weight is 475 g/mol. The summed E-state index contributed by atoms with van der Waals surface area (Å²) in [6, 6.07) is 3.83. The molecule has 0 saturated carbocycles. The van der Waals surface area contributed by atoms with Crippen LogP contribution in [-0.2, 0) is 21.0 Å². The van der Waals surface area contributed by atoms with Gasteiger partial charge in [0.05, 0.1) is 18.3 Å². The molecule has 4 atom stereocenters. The number of rotatable bonds is 4. The third kappa shape index (κ3) is 2.98. The predicted molar refractivity (Wildman–Crippen MR) is 127 cm³/mol. The van der Waals surface area contributed by atoms with Crippen LogP contribution in [0.4, 0.5) is 0 Å². The summed E-state index contributed by atoms with van der Waals surface area (Å²) < 4.78 is 0. The molecular weight excluding hydrogens is 444 g/mol. The van der Waals surface area contributed by atoms with Gasteiger partial charge in [0.25, 0.3) is 0 Å². The second-order valence-corrected chi connectivity index (χ2v) is 10.7. The number of hydroxylamine groups is 2. The van der Waals surface area contributed by atoms with E-state index >= 15 is 0 Å². The molecule has 1 aromatic heterocycles. The summed E-state index contributed by atoms with van der Waals surface area (Å²) in [5, 5.41) is 22.9. The molecule has 5 aliphatic rings. The van der Waals surface area contributed by atoms with Crippen molar-refractivity contribution >= 4 is 11.6 Å². The van der Waals surface area contributed by atoms with E-state index in [0.29, 0.717) is 24.1 Å². The van der Waals surface area contributed by atoms with Crippen molar-refractivity contribution < 1.29 is 24.6 Å². The number of aliphatic hydroxyl groups excluding tert-OH is 2. The average Bonchev–Trinajstić information content (AvgIpc) is 3.44. The van der Waals surface area contributed by atoms with Crippen molar-refractivity contribution in [3.63, 3.8) is 0 Å². The fourth-order valence-corrected chi connectivity index (χ4v) is 6.91. The number of allylic oxidation sites excluding steroid dienone is 3. The number of carbonyl (C=O) groups is 2. The van der Waals surface area contributed by atoms with Gasteiger partial charge in [-0.2, -0.15) is 0 Å². The Morgan fingerprint density at radius 1 is 1.29 bits per heavy atom. The number of carbonyl (C=O) groups excluding carboxylic acids is 2. The molecule has 0 fully saturated rings. The maximum Gasteiger partial charge on any atom is 0.198 e. The van der Waals surface area contributed by atoms with Gasteiger partial charge < -0.3 is 10.2 Å². The fourth-order valence-electron chi connectivity index (χ4n) is 6.91. The lowest BCUT2D eigenvalue weighted by molar-refractivity contribution is -0.254. The summed E-state index contributed by atoms with van der Waals surface area (Å²) in [7, 11) is 0. The normalized spacial score (nSPS) is 33.7. The minimum atomic E-state index is -1.61. The zero-order chi connectivity index (χ0) is 24.5. The standard InChI is InChI=1S/C28H30N2O5/c1-16-9-22-23(32)11-21-20-10-18-6-3-7-19(18)26(20)30(14-17-5-4-8-29-13-17)35-28(21,25(34)15-31)27(22,2)12-24(16)33/h4-5,8-9,11,13,16,24,31,33H,3,6-7,10,12,14-15H2,1-2H3/t16-,24-,27-,28+/m0/s1. The fraction of sp³-hybridized carbons (Fsp3) is 0.464. The molecule has 7 heteroatoms. The number of Topliss-reactive ketones (excluding diaryl/α,β-unsaturated/α-hetero) is 1. The van der Waals surface area contributed by atoms with Crippen LogP contribution in [0.25, 0.3) is 0 Å². The molecule has 0 radical (unpaired) electrons. The van der Waals surface area contributed by atoms with Crippen molar-refractivity contribution in [3.8, 4) is 0 Å². The Morgan fingerprint density at radius 2 is 2.11 bits per heavy atom. The quantitative estimate of drug-likeness (QED) is 0.692. The number of fused-ring (bicyclic) bond motifs is 5. The van der Waals surface area contributed by atoms with Gasteiger partial charge in [0.2, 0.25) is 0 Å². The van der Waals surface area contributed by atoms with Crippen molar-refractivity contribution in [1.82, 2.24) is 10.0 Å². The molecule has 7 nitrogen and oxygen atoms in total. The number of aromatic nitrogens is 1. The van der Waals surface area contributed by atoms with E-state index in [1.165, 1.54) is 11.1 Å². The SMILES string of the molecule is C[C@H]1C=C2C(=O)C=C3C4=C(C5=C(CCC5)C4)N(Cc4cccnc4)O[C@]3(C(=O)CO)[C@@]2(C)C[C@@H]1O. The van der Waals surface area contributed by atoms with Crippen LogP contribution in [0.2, 0.25) is 0 Å². The Morgan fingerprint density at radius 3 is 2.86 bits per heavy atom. The molecule has 0 saturated heterocycles. The van der Waals surface area contributed by atoms with E-state index in [-0.39, 0.29) is 18.1 Å². The second kappa shape index (κ2) is 7.82. The first-order valence-electron chi connectivity index (χ1n) is 12.4. The molecule has 4 aliphatic carbocycles. The zero-order valence-electron chi connectivity index (χ0n) is 20.1. The van der Waals surface area contributed by atoms with Gasteiger partial charge in [-0.1, -0.05) is 31.6 Å². The van der Waals surface area contributed by atoms with E-state index in [0.717, 1.165) is 36.1 Å². The molecule has 182 valence electrons. The highest BCUT2D eigenvalue weighted by molar-refractivity contribution is 6.12. The monoisotopic (exact) mass is 474 g/mol. The molecule has 2 N–H and O–H groups in total. The molecule has 2 heterocycles. The van der Waals surface area contributed by atoms with Crippen molar-refractivity contribution in [2.75, 3.05) is 6.61 Å². The van der Waals surface area contributed by atoms with E-state index in [1.54, 1.807) is 29.6 Å². The van der Waals surface area contributed by atoms with Gasteiger partial charge in [0.1, 0.15) is 6.61 Å². The van der Waals surface area contributed by atoms with Crippen LogP contribution in [0.1, 0.15) is 51.5 Å². The highest BCUT2D eigenvalue weighted by Crippen LogP contribution is 2.62. The Kier molecular flexibility index (Phi) is 5.04. The minimum absolute atomic E-state index is 0.147. The lowest BCUT2D eigenvalue weighted by Crippen LogP contribution is -2.66. The molecule has 6 rings (SSSR count). The minimum Gasteiger partial charge on any atom is -0.392 e. The first kappa shape index (κ1) is 22.6. The summed E-state index contributed by atoms with van der Waals surface area (Å²) in [5.41, 5.74) is 3.68. The van der Waals surface area contributed by atoms with E-state index < -0.39 is 29.5 Å². The summed E-state index contributed by atoms with van der Waals surface area (Å²) >= 11 is 0. The molecule has 1 aliphatic heterocycles. The van der Waals surface area contributed by atoms with Crippen LogP contribution in [0, 0.1) is 11.3 Å². The molecule has 35 heavy (non-hydrogen) atoms. The zero-order valence-corrected chi connectivity index (χ0v) is 20.1. The van der Waals surface area contributed by atoms with Crippen molar-refractivity contribution in [2.24, 2.45) is 11.3 Å². The molecular formula is C28H30N2O5. The van der Waals surface area contributed by atoms with Crippen LogP contribution < -0.4 is 0 Å². The molecule has 0 aromatic carbocycles. The Labute approximate surface area is 204 Å². The first-order valence-corrected chi connectivity index (χ1v) is 12.4. The third-order valence-electron chi connectivity index (χ3n) is 8.65. The van der Waals surface area contributed by atoms with Crippen LogP contribution in [-0.4, -0.2) is 50.1 Å². The van der Waals surface area contributed by atoms with Crippen LogP contribution in [0.5, 0.6) is 0 Å². The summed E-state index contributed by atoms with van der Waals surface area (Å²) in [4.78, 5) is 38.3. The van der Waals surface area contributed by atoms with Gasteiger partial charge in [0.15, 0.2) is 17.2 Å².